The average Bonchev–Trinajstić information content (AvgIpc) is 3.59. The smallest absolute Gasteiger partial charge is 0.272 e. The van der Waals surface area contributed by atoms with Crippen LogP contribution in [0.5, 0.6) is 0 Å². The number of sulfone groups is 1. The van der Waals surface area contributed by atoms with Crippen molar-refractivity contribution in [2.75, 3.05) is 13.1 Å². The van der Waals surface area contributed by atoms with E-state index >= 15 is 0 Å². The lowest BCUT2D eigenvalue weighted by Crippen LogP contribution is -2.51. The van der Waals surface area contributed by atoms with Gasteiger partial charge in [-0.15, -0.1) is 0 Å². The second-order valence-electron chi connectivity index (χ2n) is 9.95. The molecule has 1 aromatic carbocycles. The summed E-state index contributed by atoms with van der Waals surface area (Å²) >= 11 is 3.09. The Bertz CT molecular complexity index is 1440. The van der Waals surface area contributed by atoms with E-state index in [0.29, 0.717) is 55.5 Å². The van der Waals surface area contributed by atoms with Gasteiger partial charge in [0.15, 0.2) is 15.5 Å². The maximum Gasteiger partial charge on any atom is 0.272 e. The molecule has 2 saturated carbocycles. The number of carbonyl (C=O) groups excluding carboxylic acids is 2. The molecule has 1 aromatic heterocycles. The molecule has 1 unspecified atom stereocenters. The molecular formula is C24H27IN5O5PS2. The predicted octanol–water partition coefficient (Wildman–Crippen LogP) is 3.31. The Kier molecular flexibility index (Phi) is 7.70. The lowest BCUT2D eigenvalue weighted by Gasteiger charge is -2.38. The first-order chi connectivity index (χ1) is 18.5. The summed E-state index contributed by atoms with van der Waals surface area (Å²) < 4.78 is 40.6. The van der Waals surface area contributed by atoms with Crippen LogP contribution in [0.2, 0.25) is 0 Å². The fourth-order valence-electron chi connectivity index (χ4n) is 5.17. The van der Waals surface area contributed by atoms with Crippen molar-refractivity contribution in [3.8, 4) is 6.07 Å². The molecule has 3 aliphatic rings. The highest BCUT2D eigenvalue weighted by atomic mass is 127. The first-order valence-corrected chi connectivity index (χ1v) is 18.8. The molecule has 38 heavy (non-hydrogen) atoms. The van der Waals surface area contributed by atoms with Gasteiger partial charge in [0.1, 0.15) is 5.69 Å². The maximum absolute atomic E-state index is 13.5. The number of aryl methyl sites for hydroxylation is 1. The quantitative estimate of drug-likeness (QED) is 0.228. The van der Waals surface area contributed by atoms with Crippen LogP contribution in [-0.4, -0.2) is 65.4 Å². The zero-order chi connectivity index (χ0) is 27.9. The van der Waals surface area contributed by atoms with E-state index in [2.05, 4.69) is 16.5 Å². The third kappa shape index (κ3) is 5.22. The molecule has 0 bridgehead atoms. The van der Waals surface area contributed by atoms with Gasteiger partial charge >= 0.3 is 0 Å². The lowest BCUT2D eigenvalue weighted by molar-refractivity contribution is 0.0723. The number of nitrogens with zero attached hydrogens (tertiary/aromatic N) is 4. The number of nitriles is 1. The number of hydrogen-bond donors (Lipinski definition) is 1. The van der Waals surface area contributed by atoms with Crippen LogP contribution in [0.25, 0.3) is 0 Å². The summed E-state index contributed by atoms with van der Waals surface area (Å²) in [5.41, 5.74) is 2.46. The Morgan fingerprint density at radius 1 is 1.39 bits per heavy atom. The molecule has 0 spiro atoms. The normalized spacial score (nSPS) is 23.0. The molecule has 1 atom stereocenters. The minimum atomic E-state index is -3.45. The van der Waals surface area contributed by atoms with E-state index in [-0.39, 0.29) is 36.7 Å². The third-order valence-electron chi connectivity index (χ3n) is 7.61. The van der Waals surface area contributed by atoms with Crippen molar-refractivity contribution in [2.45, 2.75) is 54.7 Å². The number of aromatic nitrogens is 2. The van der Waals surface area contributed by atoms with Crippen LogP contribution in [-0.2, 0) is 34.0 Å². The fraction of sp³-hybridized carbons (Fsp3) is 0.500. The lowest BCUT2D eigenvalue weighted by atomic mass is 9.96. The van der Waals surface area contributed by atoms with E-state index in [0.717, 1.165) is 17.2 Å². The van der Waals surface area contributed by atoms with E-state index < -0.39 is 25.2 Å². The molecule has 1 aliphatic heterocycles. The molecule has 202 valence electrons. The Morgan fingerprint density at radius 2 is 2.11 bits per heavy atom. The highest BCUT2D eigenvalue weighted by Gasteiger charge is 2.60. The van der Waals surface area contributed by atoms with Gasteiger partial charge < -0.3 is 14.4 Å². The summed E-state index contributed by atoms with van der Waals surface area (Å²) in [7, 11) is -1.83. The van der Waals surface area contributed by atoms with Gasteiger partial charge in [0.05, 0.1) is 29.0 Å². The molecule has 5 rings (SSSR count). The number of benzene rings is 1. The molecular weight excluding hydrogens is 660 g/mol. The zero-order valence-electron chi connectivity index (χ0n) is 21.6. The van der Waals surface area contributed by atoms with Gasteiger partial charge in [-0.2, -0.15) is 10.4 Å². The Morgan fingerprint density at radius 3 is 2.74 bits per heavy atom. The van der Waals surface area contributed by atoms with Crippen LogP contribution in [0.4, 0.5) is 0 Å². The average molecular weight is 690 g/mol. The molecule has 2 amide bonds. The molecule has 14 heteroatoms. The van der Waals surface area contributed by atoms with Crippen LogP contribution < -0.4 is 5.32 Å². The minimum Gasteiger partial charge on any atom is -0.347 e. The third-order valence-corrected chi connectivity index (χ3v) is 12.9. The summed E-state index contributed by atoms with van der Waals surface area (Å²) in [6.07, 6.45) is 2.18. The summed E-state index contributed by atoms with van der Waals surface area (Å²) in [5.74, 6) is -0.699. The van der Waals surface area contributed by atoms with Crippen molar-refractivity contribution in [2.24, 2.45) is 7.05 Å². The zero-order valence-corrected chi connectivity index (χ0v) is 25.3. The molecule has 10 nitrogen and oxygen atoms in total. The van der Waals surface area contributed by atoms with E-state index in [4.69, 9.17) is 10.7 Å². The molecule has 2 fully saturated rings. The number of halogens is 1. The Labute approximate surface area is 241 Å². The van der Waals surface area contributed by atoms with Gasteiger partial charge in [-0.05, 0) is 71.8 Å². The highest BCUT2D eigenvalue weighted by Crippen LogP contribution is 2.51. The van der Waals surface area contributed by atoms with Crippen molar-refractivity contribution >= 4 is 60.7 Å². The van der Waals surface area contributed by atoms with Gasteiger partial charge in [-0.25, -0.2) is 8.42 Å². The maximum atomic E-state index is 13.5. The fourth-order valence-corrected chi connectivity index (χ4v) is 9.43. The first-order valence-electron chi connectivity index (χ1n) is 12.6. The van der Waals surface area contributed by atoms with E-state index in [1.807, 2.05) is 22.0 Å². The van der Waals surface area contributed by atoms with Crippen LogP contribution in [0.15, 0.2) is 24.3 Å². The van der Waals surface area contributed by atoms with Crippen LogP contribution in [0.1, 0.15) is 63.4 Å². The second kappa shape index (κ2) is 11.0. The minimum absolute atomic E-state index is 0.140. The van der Waals surface area contributed by atoms with Crippen molar-refractivity contribution in [1.29, 1.82) is 6.54 Å². The van der Waals surface area contributed by atoms with Gasteiger partial charge in [-0.1, -0.05) is 12.1 Å². The largest absolute Gasteiger partial charge is 0.347 e. The molecule has 2 heterocycles. The number of fused-ring (bicyclic) bond motifs is 1. The van der Waals surface area contributed by atoms with Crippen molar-refractivity contribution in [3.05, 3.63) is 52.3 Å². The van der Waals surface area contributed by atoms with E-state index in [1.165, 1.54) is 4.68 Å². The molecule has 0 saturated heterocycles. The molecule has 2 aliphatic carbocycles. The van der Waals surface area contributed by atoms with Gasteiger partial charge in [0.25, 0.3) is 11.8 Å². The van der Waals surface area contributed by atoms with Crippen LogP contribution >= 0.6 is 39.1 Å². The standard InChI is InChI=1S/C24H27IN5O5PS2/c1-29-21-19(20(28-29)22(31)27-13-16-4-2-15(12-26)3-5-16)6-9-30(23(21)32)14-24(7-8-24)38(33,34)18-10-17(11-18)35-37-36-25/h2-5,17-18,36H,6-11,13-14H2,1H3,(H,27,31)/i36T. The van der Waals surface area contributed by atoms with E-state index in [1.54, 1.807) is 36.2 Å². The van der Waals surface area contributed by atoms with Gasteiger partial charge in [0.2, 0.25) is 0 Å². The summed E-state index contributed by atoms with van der Waals surface area (Å²) in [6, 6.07) is 8.95. The Balaban J connectivity index is 1.23. The molecule has 2 aromatic rings. The van der Waals surface area contributed by atoms with Gasteiger partial charge in [0, 0.05) is 49.3 Å². The summed E-state index contributed by atoms with van der Waals surface area (Å²) in [6.45, 7) is 0.715. The van der Waals surface area contributed by atoms with Crippen LogP contribution in [0, 0.1) is 11.3 Å². The second-order valence-corrected chi connectivity index (χ2v) is 17.5. The summed E-state index contributed by atoms with van der Waals surface area (Å²) in [5, 5.41) is 14.6. The Hall–Kier alpha value is -1.72. The SMILES string of the molecule is [3H]P(I)SOC1CC(S(=O)(=O)C2(CN3CCc4c(C(=O)NCc5ccc(C#N)cc5)nn(C)c4C3=O)CC2)C1. The molecule has 1 N–H and O–H groups in total. The number of carbonyl (C=O) groups is 2. The predicted molar refractivity (Wildman–Crippen MR) is 154 cm³/mol. The van der Waals surface area contributed by atoms with Gasteiger partial charge in [-0.3, -0.25) is 14.3 Å². The topological polar surface area (TPSA) is 134 Å². The van der Waals surface area contributed by atoms with Crippen molar-refractivity contribution < 1.29 is 22.2 Å². The monoisotopic (exact) mass is 689 g/mol. The summed E-state index contributed by atoms with van der Waals surface area (Å²) in [4.78, 5) is 28.0. The number of hydrogen-bond acceptors (Lipinski definition) is 8. The number of nitrogens with one attached hydrogen (secondary N) is 1. The first kappa shape index (κ1) is 26.5. The number of amides is 2. The highest BCUT2D eigenvalue weighted by molar-refractivity contribution is 14.2. The van der Waals surface area contributed by atoms with Crippen LogP contribution in [0.3, 0.4) is 0 Å². The van der Waals surface area contributed by atoms with Crippen molar-refractivity contribution in [1.82, 2.24) is 20.0 Å². The molecule has 0 radical (unpaired) electrons. The number of rotatable bonds is 10. The van der Waals surface area contributed by atoms with E-state index in [9.17, 15) is 18.0 Å². The van der Waals surface area contributed by atoms with Crippen molar-refractivity contribution in [3.63, 3.8) is 0 Å².